The van der Waals surface area contributed by atoms with Crippen molar-refractivity contribution in [3.63, 3.8) is 0 Å². The van der Waals surface area contributed by atoms with Crippen molar-refractivity contribution >= 4 is 40.5 Å². The van der Waals surface area contributed by atoms with Crippen LogP contribution in [-0.2, 0) is 11.3 Å². The average Bonchev–Trinajstić information content (AvgIpc) is 2.74. The van der Waals surface area contributed by atoms with Crippen molar-refractivity contribution < 1.29 is 9.53 Å². The molecule has 0 radical (unpaired) electrons. The summed E-state index contributed by atoms with van der Waals surface area (Å²) in [6.07, 6.45) is 0. The highest BCUT2D eigenvalue weighted by atomic mass is 35.5. The van der Waals surface area contributed by atoms with E-state index in [0.29, 0.717) is 14.9 Å². The molecule has 0 amide bonds. The molecule has 0 aliphatic heterocycles. The van der Waals surface area contributed by atoms with Crippen molar-refractivity contribution in [3.8, 4) is 0 Å². The van der Waals surface area contributed by atoms with Crippen LogP contribution in [0.2, 0.25) is 10.0 Å². The maximum atomic E-state index is 11.7. The third-order valence-electron chi connectivity index (χ3n) is 2.32. The summed E-state index contributed by atoms with van der Waals surface area (Å²) in [5.74, 6) is -0.334. The fraction of sp³-hybridized carbons (Fsp3) is 0.154. The monoisotopic (exact) mass is 300 g/mol. The van der Waals surface area contributed by atoms with E-state index < -0.39 is 0 Å². The normalized spacial score (nSPS) is 10.4. The fourth-order valence-corrected chi connectivity index (χ4v) is 2.62. The molecular formula is C13H10Cl2O2S. The van der Waals surface area contributed by atoms with E-state index in [-0.39, 0.29) is 12.6 Å². The van der Waals surface area contributed by atoms with Crippen LogP contribution in [0, 0.1) is 6.92 Å². The van der Waals surface area contributed by atoms with Crippen LogP contribution in [0.15, 0.2) is 30.3 Å². The highest BCUT2D eigenvalue weighted by molar-refractivity contribution is 7.13. The Morgan fingerprint density at radius 3 is 2.67 bits per heavy atom. The molecule has 2 aromatic rings. The molecule has 0 atom stereocenters. The van der Waals surface area contributed by atoms with Crippen LogP contribution in [0.3, 0.4) is 0 Å². The van der Waals surface area contributed by atoms with Crippen molar-refractivity contribution in [3.05, 3.63) is 55.7 Å². The third-order valence-corrected chi connectivity index (χ3v) is 3.88. The molecule has 0 bridgehead atoms. The number of thiophene rings is 1. The number of hydrogen-bond acceptors (Lipinski definition) is 3. The second-order valence-electron chi connectivity index (χ2n) is 3.72. The van der Waals surface area contributed by atoms with E-state index in [1.165, 1.54) is 11.3 Å². The Morgan fingerprint density at radius 2 is 2.06 bits per heavy atom. The highest BCUT2D eigenvalue weighted by Gasteiger charge is 2.10. The van der Waals surface area contributed by atoms with E-state index in [1.807, 2.05) is 13.0 Å². The number of hydrogen-bond donors (Lipinski definition) is 0. The lowest BCUT2D eigenvalue weighted by Gasteiger charge is -2.05. The van der Waals surface area contributed by atoms with E-state index in [9.17, 15) is 4.79 Å². The number of benzene rings is 1. The summed E-state index contributed by atoms with van der Waals surface area (Å²) >= 11 is 13.2. The first kappa shape index (κ1) is 13.4. The standard InChI is InChI=1S/C13H10Cl2O2S/c1-8-2-5-12(18-8)13(16)17-7-9-3-4-10(14)6-11(9)15/h2-6H,7H2,1H3. The van der Waals surface area contributed by atoms with Gasteiger partial charge in [0.2, 0.25) is 0 Å². The number of rotatable bonds is 3. The minimum absolute atomic E-state index is 0.145. The zero-order chi connectivity index (χ0) is 13.1. The Kier molecular flexibility index (Phi) is 4.27. The number of carbonyl (C=O) groups is 1. The second kappa shape index (κ2) is 5.74. The summed E-state index contributed by atoms with van der Waals surface area (Å²) in [5, 5.41) is 1.06. The molecule has 94 valence electrons. The van der Waals surface area contributed by atoms with Crippen molar-refractivity contribution in [2.24, 2.45) is 0 Å². The lowest BCUT2D eigenvalue weighted by molar-refractivity contribution is 0.0478. The Balaban J connectivity index is 2.01. The van der Waals surface area contributed by atoms with Crippen molar-refractivity contribution in [2.75, 3.05) is 0 Å². The molecule has 0 saturated carbocycles. The van der Waals surface area contributed by atoms with Crippen molar-refractivity contribution in [1.82, 2.24) is 0 Å². The van der Waals surface area contributed by atoms with Gasteiger partial charge in [0.15, 0.2) is 0 Å². The first-order chi connectivity index (χ1) is 8.56. The summed E-state index contributed by atoms with van der Waals surface area (Å²) in [6.45, 7) is 2.09. The number of halogens is 2. The lowest BCUT2D eigenvalue weighted by Crippen LogP contribution is -2.03. The smallest absolute Gasteiger partial charge is 0.348 e. The molecule has 1 aromatic carbocycles. The summed E-state index contributed by atoms with van der Waals surface area (Å²) in [6, 6.07) is 8.73. The SMILES string of the molecule is Cc1ccc(C(=O)OCc2ccc(Cl)cc2Cl)s1. The van der Waals surface area contributed by atoms with Gasteiger partial charge in [-0.1, -0.05) is 29.3 Å². The Morgan fingerprint density at radius 1 is 1.28 bits per heavy atom. The molecule has 0 aliphatic carbocycles. The van der Waals surface area contributed by atoms with Crippen LogP contribution >= 0.6 is 34.5 Å². The average molecular weight is 301 g/mol. The molecule has 2 rings (SSSR count). The quantitative estimate of drug-likeness (QED) is 0.767. The fourth-order valence-electron chi connectivity index (χ4n) is 1.40. The lowest BCUT2D eigenvalue weighted by atomic mass is 10.2. The van der Waals surface area contributed by atoms with Crippen LogP contribution in [0.1, 0.15) is 20.1 Å². The Bertz CT molecular complexity index is 578. The summed E-state index contributed by atoms with van der Waals surface area (Å²) in [4.78, 5) is 13.4. The van der Waals surface area contributed by atoms with Gasteiger partial charge in [0.1, 0.15) is 11.5 Å². The minimum Gasteiger partial charge on any atom is -0.457 e. The van der Waals surface area contributed by atoms with E-state index in [0.717, 1.165) is 10.4 Å². The van der Waals surface area contributed by atoms with Crippen LogP contribution in [0.5, 0.6) is 0 Å². The van der Waals surface area contributed by atoms with Gasteiger partial charge in [-0.25, -0.2) is 4.79 Å². The van der Waals surface area contributed by atoms with Gasteiger partial charge >= 0.3 is 5.97 Å². The zero-order valence-electron chi connectivity index (χ0n) is 9.57. The minimum atomic E-state index is -0.334. The molecule has 0 N–H and O–H groups in total. The molecule has 5 heteroatoms. The maximum absolute atomic E-state index is 11.7. The number of carbonyl (C=O) groups excluding carboxylic acids is 1. The molecule has 2 nitrogen and oxygen atoms in total. The molecule has 0 fully saturated rings. The predicted octanol–water partition coefficient (Wildman–Crippen LogP) is 4.72. The number of ether oxygens (including phenoxy) is 1. The Hall–Kier alpha value is -1.03. The van der Waals surface area contributed by atoms with Crippen LogP contribution in [-0.4, -0.2) is 5.97 Å². The second-order valence-corrected chi connectivity index (χ2v) is 5.85. The summed E-state index contributed by atoms with van der Waals surface area (Å²) in [7, 11) is 0. The largest absolute Gasteiger partial charge is 0.457 e. The molecule has 1 heterocycles. The first-order valence-corrected chi connectivity index (χ1v) is 6.81. The Labute approximate surface area is 119 Å². The number of aryl methyl sites for hydroxylation is 1. The van der Waals surface area contributed by atoms with E-state index in [2.05, 4.69) is 0 Å². The molecule has 1 aromatic heterocycles. The maximum Gasteiger partial charge on any atom is 0.348 e. The van der Waals surface area contributed by atoms with Crippen LogP contribution in [0.25, 0.3) is 0 Å². The van der Waals surface area contributed by atoms with Gasteiger partial charge in [-0.2, -0.15) is 0 Å². The summed E-state index contributed by atoms with van der Waals surface area (Å²) < 4.78 is 5.19. The van der Waals surface area contributed by atoms with Gasteiger partial charge in [-0.3, -0.25) is 0 Å². The zero-order valence-corrected chi connectivity index (χ0v) is 11.9. The van der Waals surface area contributed by atoms with Gasteiger partial charge in [-0.05, 0) is 31.2 Å². The van der Waals surface area contributed by atoms with Crippen LogP contribution in [0.4, 0.5) is 0 Å². The third kappa shape index (κ3) is 3.25. The highest BCUT2D eigenvalue weighted by Crippen LogP contribution is 2.22. The first-order valence-electron chi connectivity index (χ1n) is 5.24. The van der Waals surface area contributed by atoms with Crippen LogP contribution < -0.4 is 0 Å². The van der Waals surface area contributed by atoms with Gasteiger partial charge < -0.3 is 4.74 Å². The topological polar surface area (TPSA) is 26.3 Å². The van der Waals surface area contributed by atoms with E-state index >= 15 is 0 Å². The van der Waals surface area contributed by atoms with E-state index in [4.69, 9.17) is 27.9 Å². The van der Waals surface area contributed by atoms with Crippen molar-refractivity contribution in [1.29, 1.82) is 0 Å². The van der Waals surface area contributed by atoms with Gasteiger partial charge in [0.05, 0.1) is 0 Å². The molecule has 0 unspecified atom stereocenters. The molecule has 0 saturated heterocycles. The van der Waals surface area contributed by atoms with Gasteiger partial charge in [-0.15, -0.1) is 11.3 Å². The predicted molar refractivity (Wildman–Crippen MR) is 74.6 cm³/mol. The molecule has 0 aliphatic rings. The molecule has 0 spiro atoms. The number of esters is 1. The van der Waals surface area contributed by atoms with Gasteiger partial charge in [0, 0.05) is 20.5 Å². The van der Waals surface area contributed by atoms with Crippen molar-refractivity contribution in [2.45, 2.75) is 13.5 Å². The molecule has 18 heavy (non-hydrogen) atoms. The van der Waals surface area contributed by atoms with E-state index in [1.54, 1.807) is 24.3 Å². The molecular weight excluding hydrogens is 291 g/mol. The summed E-state index contributed by atoms with van der Waals surface area (Å²) in [5.41, 5.74) is 0.739. The van der Waals surface area contributed by atoms with Gasteiger partial charge in [0.25, 0.3) is 0 Å².